The summed E-state index contributed by atoms with van der Waals surface area (Å²) >= 11 is 0.849. The number of non-ortho nitro benzene ring substituents is 1. The lowest BCUT2D eigenvalue weighted by Crippen LogP contribution is -2.29. The second-order valence-electron chi connectivity index (χ2n) is 5.97. The number of carbonyl (C=O) groups is 1. The quantitative estimate of drug-likeness (QED) is 0.290. The van der Waals surface area contributed by atoms with Gasteiger partial charge in [0.05, 0.1) is 14.7 Å². The number of rotatable bonds is 6. The Morgan fingerprint density at radius 2 is 1.80 bits per heavy atom. The van der Waals surface area contributed by atoms with Gasteiger partial charge in [-0.25, -0.2) is 4.39 Å². The van der Waals surface area contributed by atoms with E-state index in [4.69, 9.17) is 0 Å². The molecule has 30 heavy (non-hydrogen) atoms. The van der Waals surface area contributed by atoms with Gasteiger partial charge in [-0.15, -0.1) is 11.0 Å². The van der Waals surface area contributed by atoms with E-state index in [0.717, 1.165) is 40.9 Å². The highest BCUT2D eigenvalue weighted by Crippen LogP contribution is 2.34. The van der Waals surface area contributed by atoms with Crippen LogP contribution >= 0.6 is 11.8 Å². The number of amides is 1. The van der Waals surface area contributed by atoms with E-state index in [1.165, 1.54) is 36.4 Å². The number of amidine groups is 1. The van der Waals surface area contributed by atoms with Gasteiger partial charge in [0.2, 0.25) is 0 Å². The van der Waals surface area contributed by atoms with E-state index in [2.05, 4.69) is 11.0 Å². The van der Waals surface area contributed by atoms with E-state index in [1.54, 1.807) is 0 Å². The molecule has 11 heteroatoms. The SMILES string of the molecule is C=CCN1C(=O)/C(=C/c2ccc([N+](=O)[O-])cc2)S/C1=N/S(=O)(=O)c1ccc(F)cc1. The van der Waals surface area contributed by atoms with Gasteiger partial charge in [0.25, 0.3) is 21.6 Å². The molecule has 1 amide bonds. The number of hydrogen-bond donors (Lipinski definition) is 0. The summed E-state index contributed by atoms with van der Waals surface area (Å²) in [4.78, 5) is 24.1. The fourth-order valence-corrected chi connectivity index (χ4v) is 4.66. The average Bonchev–Trinajstić information content (AvgIpc) is 2.97. The molecule has 1 aliphatic rings. The van der Waals surface area contributed by atoms with Gasteiger partial charge in [-0.3, -0.25) is 19.8 Å². The molecule has 0 aromatic heterocycles. The molecule has 0 aliphatic carbocycles. The minimum atomic E-state index is -4.18. The smallest absolute Gasteiger partial charge is 0.282 e. The summed E-state index contributed by atoms with van der Waals surface area (Å²) in [6, 6.07) is 9.71. The van der Waals surface area contributed by atoms with Crippen molar-refractivity contribution in [2.45, 2.75) is 4.90 Å². The minimum Gasteiger partial charge on any atom is -0.282 e. The minimum absolute atomic E-state index is 0.0290. The zero-order valence-electron chi connectivity index (χ0n) is 15.3. The lowest BCUT2D eigenvalue weighted by atomic mass is 10.2. The van der Waals surface area contributed by atoms with Gasteiger partial charge >= 0.3 is 0 Å². The van der Waals surface area contributed by atoms with Gasteiger partial charge in [-0.05, 0) is 59.8 Å². The van der Waals surface area contributed by atoms with Crippen LogP contribution in [0.15, 0.2) is 75.4 Å². The van der Waals surface area contributed by atoms with Crippen molar-refractivity contribution in [1.82, 2.24) is 4.90 Å². The Morgan fingerprint density at radius 1 is 1.17 bits per heavy atom. The highest BCUT2D eigenvalue weighted by atomic mass is 32.2. The average molecular weight is 447 g/mol. The first-order valence-electron chi connectivity index (χ1n) is 8.38. The first-order valence-corrected chi connectivity index (χ1v) is 10.6. The fourth-order valence-electron chi connectivity index (χ4n) is 2.47. The third kappa shape index (κ3) is 4.63. The lowest BCUT2D eigenvalue weighted by molar-refractivity contribution is -0.384. The number of sulfonamides is 1. The van der Waals surface area contributed by atoms with Gasteiger partial charge in [-0.1, -0.05) is 6.08 Å². The molecule has 154 valence electrons. The normalized spacial score (nSPS) is 17.0. The molecule has 0 spiro atoms. The van der Waals surface area contributed by atoms with Crippen molar-refractivity contribution in [3.05, 3.63) is 87.6 Å². The molecular weight excluding hydrogens is 433 g/mol. The Morgan fingerprint density at radius 3 is 2.37 bits per heavy atom. The Kier molecular flexibility index (Phi) is 6.13. The van der Waals surface area contributed by atoms with E-state index >= 15 is 0 Å². The molecule has 0 N–H and O–H groups in total. The van der Waals surface area contributed by atoms with Crippen LogP contribution in [0.1, 0.15) is 5.56 Å². The van der Waals surface area contributed by atoms with Crippen LogP contribution in [0.5, 0.6) is 0 Å². The topological polar surface area (TPSA) is 110 Å². The zero-order valence-corrected chi connectivity index (χ0v) is 16.9. The second kappa shape index (κ2) is 8.59. The first-order chi connectivity index (χ1) is 14.2. The van der Waals surface area contributed by atoms with Crippen molar-refractivity contribution < 1.29 is 22.5 Å². The van der Waals surface area contributed by atoms with Crippen molar-refractivity contribution in [3.63, 3.8) is 0 Å². The largest absolute Gasteiger partial charge is 0.284 e. The van der Waals surface area contributed by atoms with Crippen LogP contribution < -0.4 is 0 Å². The van der Waals surface area contributed by atoms with Crippen molar-refractivity contribution in [2.75, 3.05) is 6.54 Å². The summed E-state index contributed by atoms with van der Waals surface area (Å²) in [5, 5.41) is 10.7. The Bertz CT molecular complexity index is 1170. The molecule has 8 nitrogen and oxygen atoms in total. The number of nitro benzene ring substituents is 1. The maximum absolute atomic E-state index is 13.1. The molecule has 0 radical (unpaired) electrons. The van der Waals surface area contributed by atoms with Gasteiger partial charge < -0.3 is 0 Å². The molecule has 2 aromatic rings. The number of halogens is 1. The molecule has 3 rings (SSSR count). The van der Waals surface area contributed by atoms with Crippen LogP contribution in [0.2, 0.25) is 0 Å². The van der Waals surface area contributed by atoms with Gasteiger partial charge in [0.1, 0.15) is 5.82 Å². The van der Waals surface area contributed by atoms with Crippen molar-refractivity contribution in [2.24, 2.45) is 4.40 Å². The molecule has 1 aliphatic heterocycles. The van der Waals surface area contributed by atoms with Gasteiger partial charge in [0.15, 0.2) is 5.17 Å². The van der Waals surface area contributed by atoms with Crippen LogP contribution in [0.3, 0.4) is 0 Å². The van der Waals surface area contributed by atoms with Crippen LogP contribution in [0, 0.1) is 15.9 Å². The molecule has 1 fully saturated rings. The van der Waals surface area contributed by atoms with Crippen molar-refractivity contribution in [3.8, 4) is 0 Å². The highest BCUT2D eigenvalue weighted by molar-refractivity contribution is 8.19. The number of thioether (sulfide) groups is 1. The number of nitrogens with zero attached hydrogens (tertiary/aromatic N) is 3. The summed E-state index contributed by atoms with van der Waals surface area (Å²) in [5.74, 6) is -1.07. The van der Waals surface area contributed by atoms with Crippen LogP contribution in [0.4, 0.5) is 10.1 Å². The number of carbonyl (C=O) groups excluding carboxylic acids is 1. The predicted octanol–water partition coefficient (Wildman–Crippen LogP) is 3.58. The Hall–Kier alpha value is -3.31. The molecule has 2 aromatic carbocycles. The maximum atomic E-state index is 13.1. The maximum Gasteiger partial charge on any atom is 0.284 e. The molecule has 0 bridgehead atoms. The molecule has 0 atom stereocenters. The monoisotopic (exact) mass is 447 g/mol. The Labute approximate surface area is 175 Å². The summed E-state index contributed by atoms with van der Waals surface area (Å²) in [5.41, 5.74) is 0.432. The van der Waals surface area contributed by atoms with E-state index in [9.17, 15) is 27.7 Å². The van der Waals surface area contributed by atoms with Crippen molar-refractivity contribution in [1.29, 1.82) is 0 Å². The van der Waals surface area contributed by atoms with Crippen LogP contribution in [-0.4, -0.2) is 35.9 Å². The van der Waals surface area contributed by atoms with E-state index in [-0.39, 0.29) is 27.2 Å². The Balaban J connectivity index is 1.96. The van der Waals surface area contributed by atoms with Gasteiger partial charge in [0, 0.05) is 18.7 Å². The number of benzene rings is 2. The number of hydrogen-bond acceptors (Lipinski definition) is 6. The molecule has 1 heterocycles. The summed E-state index contributed by atoms with van der Waals surface area (Å²) in [6.07, 6.45) is 2.91. The molecule has 0 saturated carbocycles. The molecular formula is C19H14FN3O5S2. The fraction of sp³-hybridized carbons (Fsp3) is 0.0526. The molecule has 0 unspecified atom stereocenters. The summed E-state index contributed by atoms with van der Waals surface area (Å²) in [6.45, 7) is 3.59. The zero-order chi connectivity index (χ0) is 21.9. The standard InChI is InChI=1S/C19H14FN3O5S2/c1-2-11-22-18(24)17(12-13-3-7-15(8-4-13)23(25)26)29-19(22)21-30(27,28)16-9-5-14(20)6-10-16/h2-10,12H,1,11H2/b17-12-,21-19+. The molecule has 1 saturated heterocycles. The summed E-state index contributed by atoms with van der Waals surface area (Å²) < 4.78 is 41.9. The van der Waals surface area contributed by atoms with E-state index in [1.807, 2.05) is 0 Å². The van der Waals surface area contributed by atoms with Gasteiger partial charge in [-0.2, -0.15) is 8.42 Å². The second-order valence-corrected chi connectivity index (χ2v) is 8.58. The van der Waals surface area contributed by atoms with E-state index in [0.29, 0.717) is 5.56 Å². The number of nitro groups is 1. The first kappa shape index (κ1) is 21.4. The van der Waals surface area contributed by atoms with E-state index < -0.39 is 26.7 Å². The van der Waals surface area contributed by atoms with Crippen molar-refractivity contribution >= 4 is 44.6 Å². The summed E-state index contributed by atoms with van der Waals surface area (Å²) in [7, 11) is -4.18. The third-order valence-electron chi connectivity index (χ3n) is 3.91. The third-order valence-corrected chi connectivity index (χ3v) is 6.31. The lowest BCUT2D eigenvalue weighted by Gasteiger charge is -2.12. The highest BCUT2D eigenvalue weighted by Gasteiger charge is 2.34. The van der Waals surface area contributed by atoms with Crippen LogP contribution in [-0.2, 0) is 14.8 Å². The predicted molar refractivity (Wildman–Crippen MR) is 112 cm³/mol. The van der Waals surface area contributed by atoms with Crippen LogP contribution in [0.25, 0.3) is 6.08 Å².